The summed E-state index contributed by atoms with van der Waals surface area (Å²) in [6, 6.07) is 0. The van der Waals surface area contributed by atoms with Gasteiger partial charge in [-0.2, -0.15) is 0 Å². The molecule has 0 aromatic rings. The number of fused-ring (bicyclic) bond motifs is 1. The summed E-state index contributed by atoms with van der Waals surface area (Å²) in [7, 11) is 5.67. The van der Waals surface area contributed by atoms with Gasteiger partial charge in [0.15, 0.2) is 0 Å². The third kappa shape index (κ3) is 2.74. The molecule has 0 saturated heterocycles. The van der Waals surface area contributed by atoms with Gasteiger partial charge in [-0.3, -0.25) is 0 Å². The van der Waals surface area contributed by atoms with Crippen LogP contribution in [0.2, 0.25) is 0 Å². The van der Waals surface area contributed by atoms with Crippen molar-refractivity contribution in [2.45, 2.75) is 58.3 Å². The Balaban J connectivity index is 1.90. The van der Waals surface area contributed by atoms with Crippen LogP contribution in [0.1, 0.15) is 58.3 Å². The first-order chi connectivity index (χ1) is 7.31. The summed E-state index contributed by atoms with van der Waals surface area (Å²) in [4.78, 5) is 0. The van der Waals surface area contributed by atoms with Crippen LogP contribution in [0.4, 0.5) is 0 Å². The molecule has 0 aromatic heterocycles. The van der Waals surface area contributed by atoms with Crippen LogP contribution in [0, 0.1) is 23.7 Å². The van der Waals surface area contributed by atoms with Crippen molar-refractivity contribution in [3.05, 3.63) is 0 Å². The Hall–Kier alpha value is -0.0651. The molecular weight excluding hydrogens is 179 g/mol. The molecule has 0 aliphatic heterocycles. The second-order valence-corrected chi connectivity index (χ2v) is 5.77. The fourth-order valence-electron chi connectivity index (χ4n) is 3.77. The van der Waals surface area contributed by atoms with E-state index in [-0.39, 0.29) is 0 Å². The molecule has 1 heteroatoms. The summed E-state index contributed by atoms with van der Waals surface area (Å²) in [5.41, 5.74) is 0. The SMILES string of the molecule is [B]=C[C@@H](C)C1CCCC2CCCC2CC1. The van der Waals surface area contributed by atoms with Crippen LogP contribution in [-0.4, -0.2) is 13.5 Å². The van der Waals surface area contributed by atoms with E-state index in [0.29, 0.717) is 5.92 Å². The molecule has 83 valence electrons. The molecule has 2 saturated carbocycles. The molecule has 3 unspecified atom stereocenters. The topological polar surface area (TPSA) is 0 Å². The van der Waals surface area contributed by atoms with E-state index >= 15 is 0 Å². The number of hydrogen-bond acceptors (Lipinski definition) is 0. The average Bonchev–Trinajstić information content (AvgIpc) is 2.64. The summed E-state index contributed by atoms with van der Waals surface area (Å²) >= 11 is 0. The van der Waals surface area contributed by atoms with E-state index in [1.54, 1.807) is 0 Å². The van der Waals surface area contributed by atoms with E-state index in [1.807, 2.05) is 5.97 Å². The zero-order valence-electron chi connectivity index (χ0n) is 10.1. The van der Waals surface area contributed by atoms with Gasteiger partial charge in [-0.25, -0.2) is 0 Å². The van der Waals surface area contributed by atoms with E-state index in [1.165, 1.54) is 51.4 Å². The minimum atomic E-state index is 0.628. The molecule has 2 fully saturated rings. The van der Waals surface area contributed by atoms with Gasteiger partial charge in [0.2, 0.25) is 0 Å². The second-order valence-electron chi connectivity index (χ2n) is 5.77. The number of rotatable bonds is 2. The van der Waals surface area contributed by atoms with E-state index in [4.69, 9.17) is 7.49 Å². The van der Waals surface area contributed by atoms with Gasteiger partial charge in [0, 0.05) is 0 Å². The molecule has 4 atom stereocenters. The maximum absolute atomic E-state index is 5.67. The van der Waals surface area contributed by atoms with Crippen LogP contribution < -0.4 is 0 Å². The van der Waals surface area contributed by atoms with E-state index in [9.17, 15) is 0 Å². The molecule has 2 aliphatic carbocycles. The summed E-state index contributed by atoms with van der Waals surface area (Å²) in [5, 5.41) is 0. The van der Waals surface area contributed by atoms with Gasteiger partial charge < -0.3 is 0 Å². The first-order valence-corrected chi connectivity index (χ1v) is 6.86. The van der Waals surface area contributed by atoms with Crippen LogP contribution in [0.5, 0.6) is 0 Å². The van der Waals surface area contributed by atoms with Gasteiger partial charge in [-0.1, -0.05) is 0 Å². The molecular formula is C14H24B. The van der Waals surface area contributed by atoms with Crippen molar-refractivity contribution in [3.8, 4) is 0 Å². The average molecular weight is 203 g/mol. The van der Waals surface area contributed by atoms with Crippen LogP contribution in [0.3, 0.4) is 0 Å². The monoisotopic (exact) mass is 203 g/mol. The van der Waals surface area contributed by atoms with E-state index in [2.05, 4.69) is 6.92 Å². The van der Waals surface area contributed by atoms with Crippen LogP contribution >= 0.6 is 0 Å². The quantitative estimate of drug-likeness (QED) is 0.601. The van der Waals surface area contributed by atoms with Gasteiger partial charge in [0.05, 0.1) is 0 Å². The molecule has 0 amide bonds. The van der Waals surface area contributed by atoms with Gasteiger partial charge in [0.25, 0.3) is 0 Å². The third-order valence-electron chi connectivity index (χ3n) is 4.92. The van der Waals surface area contributed by atoms with Crippen molar-refractivity contribution in [1.29, 1.82) is 0 Å². The van der Waals surface area contributed by atoms with Crippen molar-refractivity contribution in [1.82, 2.24) is 0 Å². The van der Waals surface area contributed by atoms with Crippen molar-refractivity contribution in [2.75, 3.05) is 0 Å². The predicted octanol–water partition coefficient (Wildman–Crippen LogP) is 3.59. The van der Waals surface area contributed by atoms with Crippen molar-refractivity contribution in [2.24, 2.45) is 23.7 Å². The molecule has 0 spiro atoms. The Kier molecular flexibility index (Phi) is 4.05. The molecule has 0 nitrogen and oxygen atoms in total. The van der Waals surface area contributed by atoms with Crippen molar-refractivity contribution < 1.29 is 0 Å². The Morgan fingerprint density at radius 3 is 2.20 bits per heavy atom. The maximum atomic E-state index is 5.67. The Morgan fingerprint density at radius 2 is 1.53 bits per heavy atom. The molecule has 0 aromatic carbocycles. The van der Waals surface area contributed by atoms with Gasteiger partial charge in [-0.15, -0.1) is 0 Å². The van der Waals surface area contributed by atoms with E-state index in [0.717, 1.165) is 17.8 Å². The summed E-state index contributed by atoms with van der Waals surface area (Å²) in [6.45, 7) is 2.29. The predicted molar refractivity (Wildman–Crippen MR) is 68.4 cm³/mol. The van der Waals surface area contributed by atoms with Gasteiger partial charge in [0.1, 0.15) is 0 Å². The van der Waals surface area contributed by atoms with Crippen LogP contribution in [0.15, 0.2) is 0 Å². The van der Waals surface area contributed by atoms with Crippen molar-refractivity contribution in [3.63, 3.8) is 0 Å². The molecule has 0 N–H and O–H groups in total. The zero-order valence-corrected chi connectivity index (χ0v) is 10.1. The molecule has 0 bridgehead atoms. The minimum absolute atomic E-state index is 0.628. The molecule has 15 heavy (non-hydrogen) atoms. The fraction of sp³-hybridized carbons (Fsp3) is 0.929. The fourth-order valence-corrected chi connectivity index (χ4v) is 3.77. The standard InChI is InChI=1S/C14H24B/c1-11(10-15)12-4-2-5-13-6-3-7-14(13)9-8-12/h10-14H,2-9H2,1H3/t11-,12?,13?,14?/m1/s1. The Bertz CT molecular complexity index is 211. The van der Waals surface area contributed by atoms with E-state index < -0.39 is 0 Å². The Labute approximate surface area is 95.9 Å². The summed E-state index contributed by atoms with van der Waals surface area (Å²) < 4.78 is 0. The van der Waals surface area contributed by atoms with Crippen LogP contribution in [-0.2, 0) is 0 Å². The Morgan fingerprint density at radius 1 is 0.933 bits per heavy atom. The van der Waals surface area contributed by atoms with Crippen molar-refractivity contribution >= 4 is 13.5 Å². The molecule has 2 aliphatic rings. The zero-order chi connectivity index (χ0) is 10.7. The summed E-state index contributed by atoms with van der Waals surface area (Å²) in [5.74, 6) is 5.57. The summed E-state index contributed by atoms with van der Waals surface area (Å²) in [6.07, 6.45) is 11.8. The molecule has 1 radical (unpaired) electrons. The van der Waals surface area contributed by atoms with Gasteiger partial charge >= 0.3 is 95.4 Å². The molecule has 2 rings (SSSR count). The first-order valence-electron chi connectivity index (χ1n) is 6.86. The second kappa shape index (κ2) is 5.32. The number of hydrogen-bond donors (Lipinski definition) is 0. The first kappa shape index (κ1) is 11.4. The van der Waals surface area contributed by atoms with Crippen LogP contribution in [0.25, 0.3) is 0 Å². The molecule has 0 heterocycles. The van der Waals surface area contributed by atoms with Gasteiger partial charge in [-0.05, 0) is 0 Å². The third-order valence-corrected chi connectivity index (χ3v) is 4.92. The normalized spacial score (nSPS) is 38.8.